The number of hydrogen-bond donors (Lipinski definition) is 1. The van der Waals surface area contributed by atoms with Gasteiger partial charge < -0.3 is 9.47 Å². The van der Waals surface area contributed by atoms with Crippen molar-refractivity contribution in [1.82, 2.24) is 5.06 Å². The third-order valence-electron chi connectivity index (χ3n) is 2.67. The topological polar surface area (TPSA) is 93.1 Å². The van der Waals surface area contributed by atoms with Gasteiger partial charge in [0.1, 0.15) is 5.60 Å². The first kappa shape index (κ1) is 19.4. The largest absolute Gasteiger partial charge is 0.464 e. The lowest BCUT2D eigenvalue weighted by atomic mass is 9.88. The van der Waals surface area contributed by atoms with E-state index in [-0.39, 0.29) is 11.7 Å². The lowest BCUT2D eigenvalue weighted by Gasteiger charge is -2.34. The van der Waals surface area contributed by atoms with E-state index in [0.717, 1.165) is 6.92 Å². The van der Waals surface area contributed by atoms with Crippen LogP contribution in [0.4, 0.5) is 4.79 Å². The molecular formula is C14H25NO6. The standard InChI is InChI=1S/C14H25NO6/c1-8-20-11(17)14(7,10(16)9(2)3)15(19)12(18)21-13(4,5)6/h9,19H,8H2,1-7H3. The molecule has 0 rings (SSSR count). The molecule has 7 heteroatoms. The minimum Gasteiger partial charge on any atom is -0.464 e. The van der Waals surface area contributed by atoms with Gasteiger partial charge in [-0.3, -0.25) is 10.0 Å². The highest BCUT2D eigenvalue weighted by molar-refractivity contribution is 6.10. The first-order chi connectivity index (χ1) is 9.37. The van der Waals surface area contributed by atoms with Crippen molar-refractivity contribution in [2.45, 2.75) is 59.6 Å². The van der Waals surface area contributed by atoms with Crippen molar-refractivity contribution in [2.24, 2.45) is 5.92 Å². The Morgan fingerprint density at radius 1 is 1.14 bits per heavy atom. The molecule has 7 nitrogen and oxygen atoms in total. The molecule has 0 aromatic heterocycles. The zero-order chi connectivity index (χ0) is 17.0. The molecule has 0 fully saturated rings. The summed E-state index contributed by atoms with van der Waals surface area (Å²) in [4.78, 5) is 36.3. The third kappa shape index (κ3) is 4.70. The first-order valence-corrected chi connectivity index (χ1v) is 6.81. The van der Waals surface area contributed by atoms with E-state index in [0.29, 0.717) is 0 Å². The molecule has 0 aliphatic heterocycles. The van der Waals surface area contributed by atoms with Gasteiger partial charge in [-0.2, -0.15) is 5.06 Å². The number of esters is 1. The summed E-state index contributed by atoms with van der Waals surface area (Å²) in [7, 11) is 0. The van der Waals surface area contributed by atoms with Crippen molar-refractivity contribution in [3.63, 3.8) is 0 Å². The molecule has 0 heterocycles. The summed E-state index contributed by atoms with van der Waals surface area (Å²) < 4.78 is 9.79. The molecule has 1 unspecified atom stereocenters. The summed E-state index contributed by atoms with van der Waals surface area (Å²) in [5.74, 6) is -2.23. The number of hydrogen-bond acceptors (Lipinski definition) is 6. The Hall–Kier alpha value is -1.63. The van der Waals surface area contributed by atoms with E-state index in [4.69, 9.17) is 9.47 Å². The fourth-order valence-electron chi connectivity index (χ4n) is 1.61. The van der Waals surface area contributed by atoms with Crippen LogP contribution in [0.2, 0.25) is 0 Å². The summed E-state index contributed by atoms with van der Waals surface area (Å²) >= 11 is 0. The van der Waals surface area contributed by atoms with Crippen molar-refractivity contribution in [3.05, 3.63) is 0 Å². The van der Waals surface area contributed by atoms with E-state index >= 15 is 0 Å². The molecule has 0 bridgehead atoms. The Kier molecular flexibility index (Phi) is 6.35. The van der Waals surface area contributed by atoms with E-state index in [1.54, 1.807) is 41.5 Å². The van der Waals surface area contributed by atoms with Gasteiger partial charge in [0.25, 0.3) is 0 Å². The lowest BCUT2D eigenvalue weighted by Crippen LogP contribution is -2.61. The first-order valence-electron chi connectivity index (χ1n) is 6.81. The number of nitrogens with zero attached hydrogens (tertiary/aromatic N) is 1. The van der Waals surface area contributed by atoms with Gasteiger partial charge in [-0.15, -0.1) is 0 Å². The van der Waals surface area contributed by atoms with E-state index in [1.165, 1.54) is 0 Å². The predicted molar refractivity (Wildman–Crippen MR) is 74.7 cm³/mol. The van der Waals surface area contributed by atoms with Crippen LogP contribution in [0.25, 0.3) is 0 Å². The monoisotopic (exact) mass is 303 g/mol. The van der Waals surface area contributed by atoms with Crippen molar-refractivity contribution >= 4 is 17.8 Å². The molecule has 1 atom stereocenters. The molecule has 0 spiro atoms. The predicted octanol–water partition coefficient (Wildman–Crippen LogP) is 2.16. The highest BCUT2D eigenvalue weighted by atomic mass is 16.6. The maximum atomic E-state index is 12.3. The zero-order valence-electron chi connectivity index (χ0n) is 13.7. The van der Waals surface area contributed by atoms with Crippen LogP contribution in [0.15, 0.2) is 0 Å². The number of carbonyl (C=O) groups is 3. The highest BCUT2D eigenvalue weighted by Gasteiger charge is 2.52. The molecule has 1 amide bonds. The van der Waals surface area contributed by atoms with Crippen LogP contribution in [0, 0.1) is 5.92 Å². The van der Waals surface area contributed by atoms with Gasteiger partial charge in [-0.25, -0.2) is 9.59 Å². The van der Waals surface area contributed by atoms with Gasteiger partial charge in [0.15, 0.2) is 5.78 Å². The fourth-order valence-corrected chi connectivity index (χ4v) is 1.61. The molecule has 0 aromatic carbocycles. The van der Waals surface area contributed by atoms with Crippen LogP contribution in [0.5, 0.6) is 0 Å². The molecule has 0 saturated carbocycles. The highest BCUT2D eigenvalue weighted by Crippen LogP contribution is 2.23. The molecular weight excluding hydrogens is 278 g/mol. The summed E-state index contributed by atoms with van der Waals surface area (Å²) in [6.07, 6.45) is -1.19. The summed E-state index contributed by atoms with van der Waals surface area (Å²) in [6.45, 7) is 10.6. The quantitative estimate of drug-likeness (QED) is 0.362. The second-order valence-corrected chi connectivity index (χ2v) is 6.10. The van der Waals surface area contributed by atoms with Crippen LogP contribution in [0.1, 0.15) is 48.5 Å². The van der Waals surface area contributed by atoms with Crippen LogP contribution in [-0.4, -0.2) is 45.9 Å². The van der Waals surface area contributed by atoms with Crippen LogP contribution < -0.4 is 0 Å². The molecule has 0 aromatic rings. The molecule has 122 valence electrons. The molecule has 0 radical (unpaired) electrons. The average molecular weight is 303 g/mol. The minimum atomic E-state index is -2.15. The number of amides is 1. The number of ether oxygens (including phenoxy) is 2. The van der Waals surface area contributed by atoms with E-state index < -0.39 is 34.9 Å². The average Bonchev–Trinajstić information content (AvgIpc) is 2.33. The summed E-state index contributed by atoms with van der Waals surface area (Å²) in [5, 5.41) is 10.1. The second-order valence-electron chi connectivity index (χ2n) is 6.10. The van der Waals surface area contributed by atoms with Crippen molar-refractivity contribution in [1.29, 1.82) is 0 Å². The van der Waals surface area contributed by atoms with Crippen LogP contribution in [0.3, 0.4) is 0 Å². The van der Waals surface area contributed by atoms with Crippen LogP contribution in [-0.2, 0) is 19.1 Å². The Labute approximate surface area is 125 Å². The number of Topliss-reactive ketones (excluding diaryl/α,β-unsaturated/α-hetero) is 1. The maximum absolute atomic E-state index is 12.3. The number of carbonyl (C=O) groups excluding carboxylic acids is 3. The van der Waals surface area contributed by atoms with Gasteiger partial charge in [0.05, 0.1) is 6.61 Å². The van der Waals surface area contributed by atoms with Crippen molar-refractivity contribution < 1.29 is 29.1 Å². The normalized spacial score (nSPS) is 14.3. The number of rotatable bonds is 5. The van der Waals surface area contributed by atoms with E-state index in [2.05, 4.69) is 0 Å². The SMILES string of the molecule is CCOC(=O)C(C)(C(=O)C(C)C)N(O)C(=O)OC(C)(C)C. The summed E-state index contributed by atoms with van der Waals surface area (Å²) in [5.41, 5.74) is -3.03. The Bertz CT molecular complexity index is 412. The Morgan fingerprint density at radius 2 is 1.62 bits per heavy atom. The zero-order valence-corrected chi connectivity index (χ0v) is 13.7. The molecule has 0 saturated heterocycles. The number of ketones is 1. The molecule has 0 aliphatic carbocycles. The fraction of sp³-hybridized carbons (Fsp3) is 0.786. The van der Waals surface area contributed by atoms with Gasteiger partial charge in [-0.1, -0.05) is 13.8 Å². The Morgan fingerprint density at radius 3 is 1.95 bits per heavy atom. The minimum absolute atomic E-state index is 0.0125. The van der Waals surface area contributed by atoms with E-state index in [9.17, 15) is 19.6 Å². The lowest BCUT2D eigenvalue weighted by molar-refractivity contribution is -0.193. The number of hydroxylamine groups is 2. The smallest absolute Gasteiger partial charge is 0.435 e. The van der Waals surface area contributed by atoms with Gasteiger partial charge in [0, 0.05) is 5.92 Å². The maximum Gasteiger partial charge on any atom is 0.435 e. The molecule has 21 heavy (non-hydrogen) atoms. The third-order valence-corrected chi connectivity index (χ3v) is 2.67. The summed E-state index contributed by atoms with van der Waals surface area (Å²) in [6, 6.07) is 0. The molecule has 0 aliphatic rings. The van der Waals surface area contributed by atoms with Crippen molar-refractivity contribution in [3.8, 4) is 0 Å². The molecule has 1 N–H and O–H groups in total. The Balaban J connectivity index is 5.55. The van der Waals surface area contributed by atoms with E-state index in [1.807, 2.05) is 0 Å². The van der Waals surface area contributed by atoms with Gasteiger partial charge in [0.2, 0.25) is 5.54 Å². The second kappa shape index (κ2) is 6.89. The van der Waals surface area contributed by atoms with Crippen molar-refractivity contribution in [2.75, 3.05) is 6.61 Å². The van der Waals surface area contributed by atoms with Crippen LogP contribution >= 0.6 is 0 Å². The van der Waals surface area contributed by atoms with Gasteiger partial charge in [-0.05, 0) is 34.6 Å². The van der Waals surface area contributed by atoms with Gasteiger partial charge >= 0.3 is 12.1 Å².